The molecule has 4 nitrogen and oxygen atoms in total. The number of rotatable bonds is 2. The van der Waals surface area contributed by atoms with Crippen molar-refractivity contribution >= 4 is 30.5 Å². The lowest BCUT2D eigenvalue weighted by atomic mass is 10.2. The number of nitrogens with zero attached hydrogens (tertiary/aromatic N) is 2. The third kappa shape index (κ3) is 3.12. The molecular formula is C10H14Cl2N4. The van der Waals surface area contributed by atoms with E-state index < -0.39 is 0 Å². The summed E-state index contributed by atoms with van der Waals surface area (Å²) in [4.78, 5) is 4.32. The highest BCUT2D eigenvalue weighted by Crippen LogP contribution is 2.17. The van der Waals surface area contributed by atoms with Crippen LogP contribution in [0.2, 0.25) is 0 Å². The highest BCUT2D eigenvalue weighted by molar-refractivity contribution is 5.85. The fraction of sp³-hybridized carbons (Fsp3) is 0.200. The van der Waals surface area contributed by atoms with Gasteiger partial charge in [-0.3, -0.25) is 5.10 Å². The number of hydrogen-bond donors (Lipinski definition) is 2. The molecule has 0 spiro atoms. The van der Waals surface area contributed by atoms with Gasteiger partial charge in [-0.2, -0.15) is 5.10 Å². The number of halogens is 2. The number of nitrogen functional groups attached to an aromatic ring is 1. The summed E-state index contributed by atoms with van der Waals surface area (Å²) in [5.41, 5.74) is 7.34. The van der Waals surface area contributed by atoms with Crippen LogP contribution in [0.15, 0.2) is 24.3 Å². The van der Waals surface area contributed by atoms with Gasteiger partial charge in [0, 0.05) is 17.7 Å². The average molecular weight is 261 g/mol. The fourth-order valence-electron chi connectivity index (χ4n) is 1.26. The average Bonchev–Trinajstić information content (AvgIpc) is 2.66. The van der Waals surface area contributed by atoms with E-state index in [-0.39, 0.29) is 24.8 Å². The lowest BCUT2D eigenvalue weighted by molar-refractivity contribution is 0.946. The molecule has 0 radical (unpaired) electrons. The maximum Gasteiger partial charge on any atom is 0.181 e. The molecular weight excluding hydrogens is 247 g/mol. The molecule has 2 rings (SSSR count). The lowest BCUT2D eigenvalue weighted by Gasteiger charge is -1.95. The Morgan fingerprint density at radius 2 is 2.06 bits per heavy atom. The molecule has 88 valence electrons. The molecule has 16 heavy (non-hydrogen) atoms. The van der Waals surface area contributed by atoms with Crippen LogP contribution in [0.25, 0.3) is 11.4 Å². The SMILES string of the molecule is CCc1nc(-c2cccc(N)c2)n[nH]1.Cl.Cl. The minimum Gasteiger partial charge on any atom is -0.399 e. The molecule has 0 saturated carbocycles. The standard InChI is InChI=1S/C10H12N4.2ClH/c1-2-9-12-10(14-13-9)7-4-3-5-8(11)6-7;;/h3-6H,2,11H2,1H3,(H,12,13,14);2*1H. The zero-order chi connectivity index (χ0) is 9.97. The van der Waals surface area contributed by atoms with Gasteiger partial charge in [-0.1, -0.05) is 19.1 Å². The number of anilines is 1. The smallest absolute Gasteiger partial charge is 0.181 e. The van der Waals surface area contributed by atoms with Crippen LogP contribution in [0.5, 0.6) is 0 Å². The van der Waals surface area contributed by atoms with Gasteiger partial charge in [0.2, 0.25) is 0 Å². The Morgan fingerprint density at radius 1 is 1.31 bits per heavy atom. The van der Waals surface area contributed by atoms with Gasteiger partial charge in [0.15, 0.2) is 5.82 Å². The molecule has 0 saturated heterocycles. The number of hydrogen-bond acceptors (Lipinski definition) is 3. The molecule has 0 aliphatic carbocycles. The van der Waals surface area contributed by atoms with Gasteiger partial charge >= 0.3 is 0 Å². The Labute approximate surface area is 106 Å². The van der Waals surface area contributed by atoms with E-state index in [4.69, 9.17) is 5.73 Å². The van der Waals surface area contributed by atoms with Crippen molar-refractivity contribution in [3.63, 3.8) is 0 Å². The monoisotopic (exact) mass is 260 g/mol. The Bertz CT molecular complexity index is 442. The first-order valence-corrected chi connectivity index (χ1v) is 4.57. The van der Waals surface area contributed by atoms with Crippen molar-refractivity contribution in [3.05, 3.63) is 30.1 Å². The van der Waals surface area contributed by atoms with E-state index in [0.29, 0.717) is 5.82 Å². The molecule has 0 bridgehead atoms. The molecule has 0 aliphatic rings. The summed E-state index contributed by atoms with van der Waals surface area (Å²) in [5, 5.41) is 6.98. The minimum atomic E-state index is 0. The summed E-state index contributed by atoms with van der Waals surface area (Å²) in [6.07, 6.45) is 0.856. The van der Waals surface area contributed by atoms with Crippen LogP contribution in [0.4, 0.5) is 5.69 Å². The summed E-state index contributed by atoms with van der Waals surface area (Å²) in [5.74, 6) is 1.59. The lowest BCUT2D eigenvalue weighted by Crippen LogP contribution is -1.86. The first kappa shape index (κ1) is 14.7. The van der Waals surface area contributed by atoms with E-state index in [9.17, 15) is 0 Å². The summed E-state index contributed by atoms with van der Waals surface area (Å²) >= 11 is 0. The molecule has 1 heterocycles. The zero-order valence-corrected chi connectivity index (χ0v) is 10.4. The fourth-order valence-corrected chi connectivity index (χ4v) is 1.26. The predicted molar refractivity (Wildman–Crippen MR) is 70.1 cm³/mol. The number of aromatic amines is 1. The zero-order valence-electron chi connectivity index (χ0n) is 8.80. The van der Waals surface area contributed by atoms with E-state index in [0.717, 1.165) is 23.5 Å². The van der Waals surface area contributed by atoms with Crippen molar-refractivity contribution in [3.8, 4) is 11.4 Å². The van der Waals surface area contributed by atoms with Gasteiger partial charge in [-0.25, -0.2) is 4.98 Å². The van der Waals surface area contributed by atoms with Gasteiger partial charge in [0.1, 0.15) is 5.82 Å². The number of H-pyrrole nitrogens is 1. The van der Waals surface area contributed by atoms with Crippen molar-refractivity contribution in [2.45, 2.75) is 13.3 Å². The third-order valence-corrected chi connectivity index (χ3v) is 2.01. The number of nitrogens with two attached hydrogens (primary N) is 1. The maximum atomic E-state index is 5.67. The highest BCUT2D eigenvalue weighted by Gasteiger charge is 2.03. The summed E-state index contributed by atoms with van der Waals surface area (Å²) in [6, 6.07) is 7.55. The van der Waals surface area contributed by atoms with Crippen LogP contribution in [0, 0.1) is 0 Å². The molecule has 0 aliphatic heterocycles. The number of nitrogens with one attached hydrogen (secondary N) is 1. The second-order valence-corrected chi connectivity index (χ2v) is 3.08. The second-order valence-electron chi connectivity index (χ2n) is 3.08. The van der Waals surface area contributed by atoms with E-state index in [2.05, 4.69) is 15.2 Å². The van der Waals surface area contributed by atoms with Crippen molar-refractivity contribution in [2.75, 3.05) is 5.73 Å². The van der Waals surface area contributed by atoms with Gasteiger partial charge in [-0.15, -0.1) is 24.8 Å². The number of benzene rings is 1. The topological polar surface area (TPSA) is 67.6 Å². The molecule has 0 fully saturated rings. The Hall–Kier alpha value is -1.26. The molecule has 0 unspecified atom stereocenters. The van der Waals surface area contributed by atoms with Crippen LogP contribution in [-0.4, -0.2) is 15.2 Å². The van der Waals surface area contributed by atoms with Crippen LogP contribution < -0.4 is 5.73 Å². The van der Waals surface area contributed by atoms with Crippen molar-refractivity contribution in [1.82, 2.24) is 15.2 Å². The maximum absolute atomic E-state index is 5.67. The summed E-state index contributed by atoms with van der Waals surface area (Å²) in [7, 11) is 0. The predicted octanol–water partition coefficient (Wildman–Crippen LogP) is 2.46. The summed E-state index contributed by atoms with van der Waals surface area (Å²) in [6.45, 7) is 2.03. The van der Waals surface area contributed by atoms with Crippen molar-refractivity contribution in [1.29, 1.82) is 0 Å². The third-order valence-electron chi connectivity index (χ3n) is 2.01. The van der Waals surface area contributed by atoms with Gasteiger partial charge in [0.25, 0.3) is 0 Å². The first-order valence-electron chi connectivity index (χ1n) is 4.57. The Morgan fingerprint density at radius 3 is 2.62 bits per heavy atom. The molecule has 0 amide bonds. The molecule has 3 N–H and O–H groups in total. The quantitative estimate of drug-likeness (QED) is 0.816. The minimum absolute atomic E-state index is 0. The summed E-state index contributed by atoms with van der Waals surface area (Å²) < 4.78 is 0. The van der Waals surface area contributed by atoms with Crippen LogP contribution in [0.3, 0.4) is 0 Å². The van der Waals surface area contributed by atoms with E-state index >= 15 is 0 Å². The van der Waals surface area contributed by atoms with E-state index in [1.807, 2.05) is 31.2 Å². The largest absolute Gasteiger partial charge is 0.399 e. The Kier molecular flexibility index (Phi) is 5.85. The molecule has 1 aromatic heterocycles. The molecule has 1 aromatic carbocycles. The van der Waals surface area contributed by atoms with Crippen molar-refractivity contribution < 1.29 is 0 Å². The normalized spacial score (nSPS) is 9.06. The van der Waals surface area contributed by atoms with E-state index in [1.54, 1.807) is 0 Å². The van der Waals surface area contributed by atoms with Crippen molar-refractivity contribution in [2.24, 2.45) is 0 Å². The van der Waals surface area contributed by atoms with E-state index in [1.165, 1.54) is 0 Å². The van der Waals surface area contributed by atoms with Gasteiger partial charge in [0.05, 0.1) is 0 Å². The highest BCUT2D eigenvalue weighted by atomic mass is 35.5. The van der Waals surface area contributed by atoms with Crippen LogP contribution in [0.1, 0.15) is 12.7 Å². The second kappa shape index (κ2) is 6.35. The molecule has 2 aromatic rings. The van der Waals surface area contributed by atoms with Gasteiger partial charge in [-0.05, 0) is 12.1 Å². The molecule has 0 atom stereocenters. The van der Waals surface area contributed by atoms with Crippen LogP contribution >= 0.6 is 24.8 Å². The Balaban J connectivity index is 0.00000112. The number of aromatic nitrogens is 3. The molecule has 6 heteroatoms. The van der Waals surface area contributed by atoms with Gasteiger partial charge < -0.3 is 5.73 Å². The van der Waals surface area contributed by atoms with Crippen LogP contribution in [-0.2, 0) is 6.42 Å². The first-order chi connectivity index (χ1) is 6.79. The number of aryl methyl sites for hydroxylation is 1.